The van der Waals surface area contributed by atoms with Crippen molar-refractivity contribution in [2.24, 2.45) is 17.4 Å². The second kappa shape index (κ2) is 7.21. The molecule has 2 heterocycles. The second-order valence-electron chi connectivity index (χ2n) is 4.33. The van der Waals surface area contributed by atoms with Gasteiger partial charge >= 0.3 is 0 Å². The minimum atomic E-state index is -0.531. The number of aromatic nitrogens is 2. The highest BCUT2D eigenvalue weighted by molar-refractivity contribution is 7.14. The highest BCUT2D eigenvalue weighted by Crippen LogP contribution is 2.25. The third-order valence-electron chi connectivity index (χ3n) is 2.78. The Morgan fingerprint density at radius 1 is 1.52 bits per heavy atom. The van der Waals surface area contributed by atoms with E-state index in [9.17, 15) is 9.59 Å². The zero-order chi connectivity index (χ0) is 14.7. The Kier molecular flexibility index (Phi) is 5.89. The van der Waals surface area contributed by atoms with Crippen LogP contribution < -0.4 is 16.8 Å². The lowest BCUT2D eigenvalue weighted by Crippen LogP contribution is -2.26. The van der Waals surface area contributed by atoms with Gasteiger partial charge in [-0.2, -0.15) is 0 Å². The normalized spacial score (nSPS) is 11.5. The number of amides is 2. The van der Waals surface area contributed by atoms with Crippen molar-refractivity contribution in [2.45, 2.75) is 6.92 Å². The summed E-state index contributed by atoms with van der Waals surface area (Å²) in [4.78, 5) is 29.8. The van der Waals surface area contributed by atoms with Gasteiger partial charge in [0.2, 0.25) is 5.91 Å². The first-order chi connectivity index (χ1) is 9.51. The first-order valence-electron chi connectivity index (χ1n) is 5.96. The molecule has 0 fully saturated rings. The second-order valence-corrected chi connectivity index (χ2v) is 5.19. The van der Waals surface area contributed by atoms with Crippen LogP contribution in [0.2, 0.25) is 0 Å². The Balaban J connectivity index is 0.00000220. The van der Waals surface area contributed by atoms with E-state index in [1.807, 2.05) is 0 Å². The fraction of sp³-hybridized carbons (Fsp3) is 0.250. The monoisotopic (exact) mass is 329 g/mol. The number of thiazole rings is 1. The number of aromatic amines is 1. The summed E-state index contributed by atoms with van der Waals surface area (Å²) in [5, 5.41) is 4.98. The SMILES string of the molecule is CC(CN)C(=O)Nc1nc(-c2c[nH]c(C(N)=O)c2)cs1.Cl. The number of hydrogen-bond donors (Lipinski definition) is 4. The van der Waals surface area contributed by atoms with Crippen LogP contribution in [0.3, 0.4) is 0 Å². The number of carbonyl (C=O) groups is 2. The van der Waals surface area contributed by atoms with Gasteiger partial charge in [-0.3, -0.25) is 9.59 Å². The van der Waals surface area contributed by atoms with Crippen molar-refractivity contribution in [3.8, 4) is 11.3 Å². The van der Waals surface area contributed by atoms with Crippen LogP contribution in [0.1, 0.15) is 17.4 Å². The van der Waals surface area contributed by atoms with E-state index in [0.29, 0.717) is 16.5 Å². The number of halogens is 1. The fourth-order valence-corrected chi connectivity index (χ4v) is 2.21. The van der Waals surface area contributed by atoms with Crippen LogP contribution in [0.5, 0.6) is 0 Å². The number of carbonyl (C=O) groups excluding carboxylic acids is 2. The molecule has 0 saturated heterocycles. The number of nitrogens with zero attached hydrogens (tertiary/aromatic N) is 1. The Morgan fingerprint density at radius 2 is 2.24 bits per heavy atom. The number of hydrogen-bond acceptors (Lipinski definition) is 5. The summed E-state index contributed by atoms with van der Waals surface area (Å²) in [6.45, 7) is 2.03. The van der Waals surface area contributed by atoms with Gasteiger partial charge in [0.15, 0.2) is 5.13 Å². The minimum absolute atomic E-state index is 0. The molecule has 2 aromatic rings. The Morgan fingerprint density at radius 3 is 2.81 bits per heavy atom. The third kappa shape index (κ3) is 4.03. The van der Waals surface area contributed by atoms with Gasteiger partial charge in [0.25, 0.3) is 5.91 Å². The van der Waals surface area contributed by atoms with Gasteiger partial charge in [-0.15, -0.1) is 23.7 Å². The lowest BCUT2D eigenvalue weighted by molar-refractivity contribution is -0.119. The van der Waals surface area contributed by atoms with Crippen molar-refractivity contribution in [1.29, 1.82) is 0 Å². The molecule has 21 heavy (non-hydrogen) atoms. The fourth-order valence-electron chi connectivity index (χ4n) is 1.48. The molecule has 0 bridgehead atoms. The molecule has 0 spiro atoms. The molecule has 0 aliphatic heterocycles. The molecule has 1 atom stereocenters. The summed E-state index contributed by atoms with van der Waals surface area (Å²) >= 11 is 1.30. The van der Waals surface area contributed by atoms with Crippen LogP contribution in [0, 0.1) is 5.92 Å². The maximum Gasteiger partial charge on any atom is 0.265 e. The van der Waals surface area contributed by atoms with E-state index < -0.39 is 5.91 Å². The number of primary amides is 1. The van der Waals surface area contributed by atoms with Gasteiger partial charge in [0, 0.05) is 29.6 Å². The van der Waals surface area contributed by atoms with E-state index in [2.05, 4.69) is 15.3 Å². The summed E-state index contributed by atoms with van der Waals surface area (Å²) in [6, 6.07) is 1.62. The molecule has 0 radical (unpaired) electrons. The maximum atomic E-state index is 11.7. The molecule has 2 amide bonds. The topological polar surface area (TPSA) is 127 Å². The first-order valence-corrected chi connectivity index (χ1v) is 6.84. The van der Waals surface area contributed by atoms with Crippen molar-refractivity contribution in [1.82, 2.24) is 9.97 Å². The average molecular weight is 330 g/mol. The Hall–Kier alpha value is -1.90. The van der Waals surface area contributed by atoms with Gasteiger partial charge in [0.05, 0.1) is 5.69 Å². The number of H-pyrrole nitrogens is 1. The van der Waals surface area contributed by atoms with Crippen molar-refractivity contribution >= 4 is 40.7 Å². The van der Waals surface area contributed by atoms with Crippen LogP contribution in [0.15, 0.2) is 17.6 Å². The predicted molar refractivity (Wildman–Crippen MR) is 84.5 cm³/mol. The Labute approximate surface area is 131 Å². The summed E-state index contributed by atoms with van der Waals surface area (Å²) in [5.74, 6) is -0.965. The van der Waals surface area contributed by atoms with Crippen LogP contribution in [-0.4, -0.2) is 28.3 Å². The molecule has 7 nitrogen and oxygen atoms in total. The number of rotatable bonds is 5. The maximum absolute atomic E-state index is 11.7. The van der Waals surface area contributed by atoms with Gasteiger partial charge in [-0.05, 0) is 6.07 Å². The number of nitrogens with two attached hydrogens (primary N) is 2. The van der Waals surface area contributed by atoms with Gasteiger partial charge in [-0.25, -0.2) is 4.98 Å². The van der Waals surface area contributed by atoms with Crippen molar-refractivity contribution in [3.63, 3.8) is 0 Å². The molecule has 0 aliphatic rings. The zero-order valence-corrected chi connectivity index (χ0v) is 12.9. The standard InChI is InChI=1S/C12H15N5O2S.ClH/c1-6(3-13)11(19)17-12-16-9(5-20-12)7-2-8(10(14)18)15-4-7;/h2,4-6,15H,3,13H2,1H3,(H2,14,18)(H,16,17,19);1H. The summed E-state index contributed by atoms with van der Waals surface area (Å²) in [6.07, 6.45) is 1.64. The van der Waals surface area contributed by atoms with E-state index in [-0.39, 0.29) is 30.8 Å². The lowest BCUT2D eigenvalue weighted by Gasteiger charge is -2.06. The van der Waals surface area contributed by atoms with Crippen LogP contribution >= 0.6 is 23.7 Å². The number of nitrogens with one attached hydrogen (secondary N) is 2. The molecular weight excluding hydrogens is 314 g/mol. The summed E-state index contributed by atoms with van der Waals surface area (Å²) in [7, 11) is 0. The smallest absolute Gasteiger partial charge is 0.265 e. The van der Waals surface area contributed by atoms with Crippen LogP contribution in [0.25, 0.3) is 11.3 Å². The van der Waals surface area contributed by atoms with Gasteiger partial charge < -0.3 is 21.8 Å². The molecule has 0 aromatic carbocycles. The van der Waals surface area contributed by atoms with E-state index in [0.717, 1.165) is 5.56 Å². The number of anilines is 1. The van der Waals surface area contributed by atoms with E-state index in [1.54, 1.807) is 24.6 Å². The average Bonchev–Trinajstić information content (AvgIpc) is 3.05. The molecule has 9 heteroatoms. The quantitative estimate of drug-likeness (QED) is 0.657. The highest BCUT2D eigenvalue weighted by Gasteiger charge is 2.14. The van der Waals surface area contributed by atoms with Crippen LogP contribution in [-0.2, 0) is 4.79 Å². The summed E-state index contributed by atoms with van der Waals surface area (Å²) < 4.78 is 0. The van der Waals surface area contributed by atoms with Gasteiger partial charge in [-0.1, -0.05) is 6.92 Å². The summed E-state index contributed by atoms with van der Waals surface area (Å²) in [5.41, 5.74) is 12.3. The van der Waals surface area contributed by atoms with Crippen molar-refractivity contribution < 1.29 is 9.59 Å². The van der Waals surface area contributed by atoms with Crippen molar-refractivity contribution in [2.75, 3.05) is 11.9 Å². The molecular formula is C12H16ClN5O2S. The third-order valence-corrected chi connectivity index (χ3v) is 3.54. The van der Waals surface area contributed by atoms with Crippen LogP contribution in [0.4, 0.5) is 5.13 Å². The molecule has 114 valence electrons. The molecule has 6 N–H and O–H groups in total. The zero-order valence-electron chi connectivity index (χ0n) is 11.3. The van der Waals surface area contributed by atoms with Gasteiger partial charge in [0.1, 0.15) is 5.69 Å². The largest absolute Gasteiger partial charge is 0.364 e. The van der Waals surface area contributed by atoms with E-state index >= 15 is 0 Å². The first kappa shape index (κ1) is 17.2. The molecule has 2 aromatic heterocycles. The lowest BCUT2D eigenvalue weighted by atomic mass is 10.2. The molecule has 1 unspecified atom stereocenters. The van der Waals surface area contributed by atoms with E-state index in [1.165, 1.54) is 11.3 Å². The minimum Gasteiger partial charge on any atom is -0.364 e. The highest BCUT2D eigenvalue weighted by atomic mass is 35.5. The molecule has 0 aliphatic carbocycles. The van der Waals surface area contributed by atoms with Crippen molar-refractivity contribution in [3.05, 3.63) is 23.3 Å². The van der Waals surface area contributed by atoms with E-state index in [4.69, 9.17) is 11.5 Å². The predicted octanol–water partition coefficient (Wildman–Crippen LogP) is 1.19. The Bertz CT molecular complexity index is 639. The molecule has 2 rings (SSSR count). The molecule has 0 saturated carbocycles.